The summed E-state index contributed by atoms with van der Waals surface area (Å²) in [7, 11) is -0.728. The third-order valence-corrected chi connectivity index (χ3v) is 5.01. The van der Waals surface area contributed by atoms with Crippen molar-refractivity contribution in [2.24, 2.45) is 0 Å². The Morgan fingerprint density at radius 3 is 2.43 bits per heavy atom. The van der Waals surface area contributed by atoms with E-state index in [-0.39, 0.29) is 0 Å². The zero-order valence-electron chi connectivity index (χ0n) is 14.1. The van der Waals surface area contributed by atoms with Gasteiger partial charge in [0.15, 0.2) is 0 Å². The lowest BCUT2D eigenvalue weighted by molar-refractivity contribution is 0.495. The minimum Gasteiger partial charge on any atom is -0.314 e. The van der Waals surface area contributed by atoms with Crippen LogP contribution in [0.4, 0.5) is 0 Å². The van der Waals surface area contributed by atoms with Gasteiger partial charge in [-0.25, -0.2) is 0 Å². The maximum Gasteiger partial charge on any atom is 0.0485 e. The molecule has 21 heavy (non-hydrogen) atoms. The maximum absolute atomic E-state index is 12.1. The molecule has 0 aromatic heterocycles. The highest BCUT2D eigenvalue weighted by Crippen LogP contribution is 2.12. The molecule has 1 aromatic rings. The number of aryl methyl sites for hydroxylation is 2. The van der Waals surface area contributed by atoms with Crippen molar-refractivity contribution in [3.63, 3.8) is 0 Å². The van der Waals surface area contributed by atoms with Gasteiger partial charge in [0.2, 0.25) is 0 Å². The molecule has 2 unspecified atom stereocenters. The quantitative estimate of drug-likeness (QED) is 0.659. The first-order chi connectivity index (χ1) is 10.0. The van der Waals surface area contributed by atoms with Crippen LogP contribution in [0.2, 0.25) is 0 Å². The van der Waals surface area contributed by atoms with E-state index in [9.17, 15) is 4.21 Å². The lowest BCUT2D eigenvalue weighted by Gasteiger charge is -2.12. The minimum atomic E-state index is -0.728. The lowest BCUT2D eigenvalue weighted by Crippen LogP contribution is -2.26. The molecule has 0 aliphatic heterocycles. The number of rotatable bonds is 10. The van der Waals surface area contributed by atoms with Crippen LogP contribution in [0.3, 0.4) is 0 Å². The third-order valence-electron chi connectivity index (χ3n) is 3.61. The van der Waals surface area contributed by atoms with E-state index in [2.05, 4.69) is 51.2 Å². The van der Waals surface area contributed by atoms with Gasteiger partial charge in [0, 0.05) is 28.3 Å². The first-order valence-corrected chi connectivity index (χ1v) is 9.65. The van der Waals surface area contributed by atoms with E-state index in [1.165, 1.54) is 29.5 Å². The van der Waals surface area contributed by atoms with Crippen molar-refractivity contribution in [3.8, 4) is 0 Å². The molecule has 0 spiro atoms. The second kappa shape index (κ2) is 10.1. The Bertz CT molecular complexity index is 425. The molecule has 0 radical (unpaired) electrons. The Kier molecular flexibility index (Phi) is 8.86. The van der Waals surface area contributed by atoms with Gasteiger partial charge in [-0.2, -0.15) is 0 Å². The summed E-state index contributed by atoms with van der Waals surface area (Å²) in [6, 6.07) is 7.05. The lowest BCUT2D eigenvalue weighted by atomic mass is 10.1. The van der Waals surface area contributed by atoms with Gasteiger partial charge < -0.3 is 5.32 Å². The van der Waals surface area contributed by atoms with Gasteiger partial charge in [0.1, 0.15) is 0 Å². The Hall–Kier alpha value is -0.670. The summed E-state index contributed by atoms with van der Waals surface area (Å²) in [5, 5.41) is 3.50. The minimum absolute atomic E-state index is 0.581. The monoisotopic (exact) mass is 309 g/mol. The molecule has 1 N–H and O–H groups in total. The van der Waals surface area contributed by atoms with Crippen LogP contribution in [0.5, 0.6) is 0 Å². The number of benzene rings is 1. The fourth-order valence-electron chi connectivity index (χ4n) is 2.62. The highest BCUT2D eigenvalue weighted by molar-refractivity contribution is 7.84. The Labute approximate surface area is 133 Å². The van der Waals surface area contributed by atoms with Crippen molar-refractivity contribution in [1.82, 2.24) is 5.32 Å². The molecule has 0 aliphatic rings. The van der Waals surface area contributed by atoms with Crippen molar-refractivity contribution >= 4 is 10.8 Å². The first kappa shape index (κ1) is 18.4. The van der Waals surface area contributed by atoms with Crippen LogP contribution in [0.1, 0.15) is 56.2 Å². The van der Waals surface area contributed by atoms with Gasteiger partial charge in [-0.15, -0.1) is 0 Å². The van der Waals surface area contributed by atoms with E-state index in [1.54, 1.807) is 0 Å². The SMILES string of the molecule is CCCNC(C)CCCCS(=O)Cc1cc(C)cc(C)c1. The maximum atomic E-state index is 12.1. The molecule has 2 nitrogen and oxygen atoms in total. The molecule has 3 heteroatoms. The van der Waals surface area contributed by atoms with Crippen LogP contribution in [-0.4, -0.2) is 22.5 Å². The topological polar surface area (TPSA) is 29.1 Å². The molecule has 0 saturated heterocycles. The average Bonchev–Trinajstić information content (AvgIpc) is 2.40. The van der Waals surface area contributed by atoms with Crippen molar-refractivity contribution in [2.45, 2.75) is 65.2 Å². The summed E-state index contributed by atoms with van der Waals surface area (Å²) < 4.78 is 12.1. The summed E-state index contributed by atoms with van der Waals surface area (Å²) in [4.78, 5) is 0. The summed E-state index contributed by atoms with van der Waals surface area (Å²) in [5.74, 6) is 1.53. The molecule has 0 fully saturated rings. The second-order valence-corrected chi connectivity index (χ2v) is 7.71. The Morgan fingerprint density at radius 2 is 1.81 bits per heavy atom. The Morgan fingerprint density at radius 1 is 1.14 bits per heavy atom. The molecule has 2 atom stereocenters. The molecule has 0 amide bonds. The van der Waals surface area contributed by atoms with E-state index in [0.29, 0.717) is 11.8 Å². The zero-order chi connectivity index (χ0) is 15.7. The summed E-state index contributed by atoms with van der Waals surface area (Å²) >= 11 is 0. The zero-order valence-corrected chi connectivity index (χ0v) is 14.9. The van der Waals surface area contributed by atoms with Gasteiger partial charge in [0.25, 0.3) is 0 Å². The molecule has 1 rings (SSSR count). The van der Waals surface area contributed by atoms with Crippen molar-refractivity contribution in [3.05, 3.63) is 34.9 Å². The van der Waals surface area contributed by atoms with Crippen LogP contribution < -0.4 is 5.32 Å². The molecule has 0 heterocycles. The molecular formula is C18H31NOS. The van der Waals surface area contributed by atoms with Crippen molar-refractivity contribution < 1.29 is 4.21 Å². The van der Waals surface area contributed by atoms with E-state index < -0.39 is 10.8 Å². The standard InChI is InChI=1S/C18H31NOS/c1-5-9-19-17(4)8-6-7-10-21(20)14-18-12-15(2)11-16(3)13-18/h11-13,17,19H,5-10,14H2,1-4H3. The van der Waals surface area contributed by atoms with Crippen molar-refractivity contribution in [1.29, 1.82) is 0 Å². The van der Waals surface area contributed by atoms with E-state index in [4.69, 9.17) is 0 Å². The number of unbranched alkanes of at least 4 members (excludes halogenated alkanes) is 1. The summed E-state index contributed by atoms with van der Waals surface area (Å²) in [6.45, 7) is 9.73. The fourth-order valence-corrected chi connectivity index (χ4v) is 3.83. The van der Waals surface area contributed by atoms with Gasteiger partial charge >= 0.3 is 0 Å². The molecule has 1 aromatic carbocycles. The third kappa shape index (κ3) is 8.37. The largest absolute Gasteiger partial charge is 0.314 e. The van der Waals surface area contributed by atoms with Gasteiger partial charge in [-0.05, 0) is 52.1 Å². The van der Waals surface area contributed by atoms with Crippen LogP contribution in [0.15, 0.2) is 18.2 Å². The molecule has 0 bridgehead atoms. The number of nitrogens with one attached hydrogen (secondary N) is 1. The molecule has 120 valence electrons. The highest BCUT2D eigenvalue weighted by Gasteiger charge is 2.05. The smallest absolute Gasteiger partial charge is 0.0485 e. The second-order valence-electron chi connectivity index (χ2n) is 6.14. The predicted molar refractivity (Wildman–Crippen MR) is 94.2 cm³/mol. The van der Waals surface area contributed by atoms with Gasteiger partial charge in [-0.1, -0.05) is 42.7 Å². The number of hydrogen-bond donors (Lipinski definition) is 1. The van der Waals surface area contributed by atoms with Crippen LogP contribution in [0.25, 0.3) is 0 Å². The van der Waals surface area contributed by atoms with Gasteiger partial charge in [-0.3, -0.25) is 4.21 Å². The summed E-state index contributed by atoms with van der Waals surface area (Å²) in [6.07, 6.45) is 4.59. The van der Waals surface area contributed by atoms with Gasteiger partial charge in [0.05, 0.1) is 0 Å². The van der Waals surface area contributed by atoms with E-state index >= 15 is 0 Å². The van der Waals surface area contributed by atoms with Crippen molar-refractivity contribution in [2.75, 3.05) is 12.3 Å². The van der Waals surface area contributed by atoms with Crippen LogP contribution in [-0.2, 0) is 16.6 Å². The fraction of sp³-hybridized carbons (Fsp3) is 0.667. The Balaban J connectivity index is 2.22. The molecular weight excluding hydrogens is 278 g/mol. The number of hydrogen-bond acceptors (Lipinski definition) is 2. The summed E-state index contributed by atoms with van der Waals surface area (Å²) in [5.41, 5.74) is 3.74. The highest BCUT2D eigenvalue weighted by atomic mass is 32.2. The average molecular weight is 310 g/mol. The predicted octanol–water partition coefficient (Wildman–Crippen LogP) is 4.11. The molecule has 0 saturated carbocycles. The van der Waals surface area contributed by atoms with E-state index in [0.717, 1.165) is 25.1 Å². The van der Waals surface area contributed by atoms with Crippen LogP contribution >= 0.6 is 0 Å². The molecule has 0 aliphatic carbocycles. The normalized spacial score (nSPS) is 14.1. The van der Waals surface area contributed by atoms with Crippen LogP contribution in [0, 0.1) is 13.8 Å². The van der Waals surface area contributed by atoms with E-state index in [1.807, 2.05) is 0 Å². The first-order valence-electron chi connectivity index (χ1n) is 8.16.